The van der Waals surface area contributed by atoms with Gasteiger partial charge in [0.05, 0.1) is 0 Å². The molecule has 3 N–H and O–H groups in total. The first-order valence-corrected chi connectivity index (χ1v) is 8.87. The Kier molecular flexibility index (Phi) is 5.10. The molecule has 1 aromatic rings. The molecule has 25 heavy (non-hydrogen) atoms. The van der Waals surface area contributed by atoms with Crippen molar-refractivity contribution in [3.8, 4) is 0 Å². The van der Waals surface area contributed by atoms with Gasteiger partial charge in [0.1, 0.15) is 24.6 Å². The predicted octanol–water partition coefficient (Wildman–Crippen LogP) is -1.12. The summed E-state index contributed by atoms with van der Waals surface area (Å²) in [5.74, 6) is -0.502. The van der Waals surface area contributed by atoms with Crippen LogP contribution in [-0.4, -0.2) is 59.9 Å². The molecule has 2 aliphatic rings. The summed E-state index contributed by atoms with van der Waals surface area (Å²) in [5.41, 5.74) is 4.77. The molecule has 0 bridgehead atoms. The van der Waals surface area contributed by atoms with Crippen LogP contribution in [-0.2, 0) is 27.8 Å². The fraction of sp³-hybridized carbons (Fsp3) is 0.583. The summed E-state index contributed by atoms with van der Waals surface area (Å²) in [7, 11) is 2.58. The fourth-order valence-electron chi connectivity index (χ4n) is 2.46. The van der Waals surface area contributed by atoms with Gasteiger partial charge in [-0.1, -0.05) is 0 Å². The lowest BCUT2D eigenvalue weighted by molar-refractivity contribution is -0.149. The summed E-state index contributed by atoms with van der Waals surface area (Å²) in [6, 6.07) is 1.40. The van der Waals surface area contributed by atoms with Crippen LogP contribution in [0.15, 0.2) is 17.1 Å². The number of carbonyl (C=O) groups excluding carboxylic acids is 1. The molecule has 134 valence electrons. The van der Waals surface area contributed by atoms with E-state index in [0.717, 1.165) is 4.57 Å². The Morgan fingerprint density at radius 2 is 2.40 bits per heavy atom. The van der Waals surface area contributed by atoms with E-state index in [1.165, 1.54) is 19.2 Å². The number of anilines is 1. The van der Waals surface area contributed by atoms with Crippen LogP contribution in [0.1, 0.15) is 13.2 Å². The molecule has 13 heteroatoms. The molecule has 0 saturated carbocycles. The molecule has 3 rings (SSSR count). The summed E-state index contributed by atoms with van der Waals surface area (Å²) in [4.78, 5) is 26.3. The maximum absolute atomic E-state index is 11.9. The molecule has 4 unspecified atom stereocenters. The van der Waals surface area contributed by atoms with Gasteiger partial charge in [-0.2, -0.15) is 18.6 Å². The number of aliphatic hydroxyl groups excluding tert-OH is 1. The number of carbonyl (C=O) groups is 1. The Morgan fingerprint density at radius 1 is 1.64 bits per heavy atom. The lowest BCUT2D eigenvalue weighted by Gasteiger charge is -2.30. The van der Waals surface area contributed by atoms with Gasteiger partial charge >= 0.3 is 27.0 Å². The highest BCUT2D eigenvalue weighted by atomic mass is 31.2. The summed E-state index contributed by atoms with van der Waals surface area (Å²) in [6.07, 6.45) is -2.47. The highest BCUT2D eigenvalue weighted by Gasteiger charge is 2.58. The Hall–Kier alpha value is -1.56. The van der Waals surface area contributed by atoms with Crippen molar-refractivity contribution in [2.24, 2.45) is 0 Å². The molecule has 0 amide bonds. The number of ether oxygens (including phenoxy) is 2. The van der Waals surface area contributed by atoms with E-state index in [-0.39, 0.29) is 12.4 Å². The van der Waals surface area contributed by atoms with E-state index >= 15 is 0 Å². The third-order valence-electron chi connectivity index (χ3n) is 3.62. The van der Waals surface area contributed by atoms with Gasteiger partial charge in [0.15, 0.2) is 12.3 Å². The number of rotatable bonds is 4. The van der Waals surface area contributed by atoms with Gasteiger partial charge in [-0.15, -0.1) is 0 Å². The molecule has 0 spiro atoms. The quantitative estimate of drug-likeness (QED) is 0.289. The van der Waals surface area contributed by atoms with Crippen molar-refractivity contribution in [3.05, 3.63) is 22.7 Å². The van der Waals surface area contributed by atoms with Crippen molar-refractivity contribution in [3.63, 3.8) is 0 Å². The van der Waals surface area contributed by atoms with Gasteiger partial charge in [0, 0.05) is 13.1 Å². The summed E-state index contributed by atoms with van der Waals surface area (Å²) >= 11 is 0. The zero-order valence-corrected chi connectivity index (χ0v) is 14.1. The number of aromatic nitrogens is 2. The van der Waals surface area contributed by atoms with Crippen LogP contribution >= 0.6 is 7.82 Å². The van der Waals surface area contributed by atoms with Crippen molar-refractivity contribution < 1.29 is 32.9 Å². The lowest BCUT2D eigenvalue weighted by Crippen LogP contribution is -2.41. The number of nitrogen functional groups attached to an aromatic ring is 1. The Morgan fingerprint density at radius 3 is 3.08 bits per heavy atom. The van der Waals surface area contributed by atoms with E-state index in [0.29, 0.717) is 0 Å². The van der Waals surface area contributed by atoms with Crippen LogP contribution in [0.2, 0.25) is 0 Å². The standard InChI is InChI=1S/C12H16BN3O8P/c1-6(17)20-5-22-25(13)21-4-7-10(24-25)9(18)11(23-7)16-3-2-8(14)15-12(16)19/h2-3,7,9-11,18H,4-5H2,1H3,(H2,14,15,19)/q+1/t7?,9?,10-,11?,25?/m1/s1. The summed E-state index contributed by atoms with van der Waals surface area (Å²) in [5, 5.41) is 10.5. The van der Waals surface area contributed by atoms with Crippen molar-refractivity contribution >= 4 is 27.2 Å². The number of aliphatic hydroxyl groups is 1. The highest BCUT2D eigenvalue weighted by Crippen LogP contribution is 2.62. The number of fused-ring (bicyclic) bond motifs is 1. The molecular weight excluding hydrogens is 356 g/mol. The third kappa shape index (κ3) is 3.84. The number of nitrogens with zero attached hydrogens (tertiary/aromatic N) is 2. The average Bonchev–Trinajstić information content (AvgIpc) is 2.83. The minimum absolute atomic E-state index is 0.0280. The molecule has 1 aromatic heterocycles. The number of hydrogen-bond acceptors (Lipinski definition) is 10. The molecule has 11 nitrogen and oxygen atoms in total. The van der Waals surface area contributed by atoms with Crippen molar-refractivity contribution in [2.75, 3.05) is 19.1 Å². The monoisotopic (exact) mass is 372 g/mol. The van der Waals surface area contributed by atoms with Gasteiger partial charge in [0.25, 0.3) is 0 Å². The van der Waals surface area contributed by atoms with Crippen LogP contribution in [0.4, 0.5) is 5.82 Å². The van der Waals surface area contributed by atoms with Gasteiger partial charge in [-0.3, -0.25) is 9.36 Å². The maximum atomic E-state index is 11.9. The maximum Gasteiger partial charge on any atom is 0.488 e. The van der Waals surface area contributed by atoms with Gasteiger partial charge in [-0.25, -0.2) is 4.79 Å². The first kappa shape index (κ1) is 18.2. The third-order valence-corrected chi connectivity index (χ3v) is 5.13. The number of hydrogen-bond donors (Lipinski definition) is 2. The van der Waals surface area contributed by atoms with Gasteiger partial charge < -0.3 is 20.3 Å². The van der Waals surface area contributed by atoms with E-state index in [2.05, 4.69) is 9.72 Å². The average molecular weight is 372 g/mol. The van der Waals surface area contributed by atoms with E-state index in [1.807, 2.05) is 0 Å². The molecule has 0 aliphatic carbocycles. The predicted molar refractivity (Wildman–Crippen MR) is 84.0 cm³/mol. The molecule has 5 atom stereocenters. The van der Waals surface area contributed by atoms with Gasteiger partial charge in [0.2, 0.25) is 6.79 Å². The molecule has 2 fully saturated rings. The smallest absolute Gasteiger partial charge is 0.434 e. The Balaban J connectivity index is 1.71. The number of nitrogens with two attached hydrogens (primary N) is 1. The first-order chi connectivity index (χ1) is 11.8. The van der Waals surface area contributed by atoms with E-state index in [4.69, 9.17) is 31.6 Å². The summed E-state index contributed by atoms with van der Waals surface area (Å²) < 4.78 is 27.4. The SMILES string of the molecule is [B][P+]1(OCOC(C)=O)OCC2OC(n3ccc(N)nc3=O)C(O)[C@@H]2O1. The van der Waals surface area contributed by atoms with E-state index in [1.54, 1.807) is 0 Å². The van der Waals surface area contributed by atoms with Crippen LogP contribution in [0.25, 0.3) is 0 Å². The minimum Gasteiger partial charge on any atom is -0.434 e. The summed E-state index contributed by atoms with van der Waals surface area (Å²) in [6.45, 7) is 0.736. The second kappa shape index (κ2) is 6.98. The lowest BCUT2D eigenvalue weighted by atomic mass is 10.1. The van der Waals surface area contributed by atoms with E-state index < -0.39 is 50.8 Å². The van der Waals surface area contributed by atoms with E-state index in [9.17, 15) is 14.7 Å². The zero-order chi connectivity index (χ0) is 18.2. The van der Waals surface area contributed by atoms with Crippen molar-refractivity contribution in [1.29, 1.82) is 0 Å². The Bertz CT molecular complexity index is 720. The molecule has 2 aliphatic heterocycles. The number of esters is 1. The van der Waals surface area contributed by atoms with Crippen LogP contribution < -0.4 is 11.4 Å². The van der Waals surface area contributed by atoms with Crippen LogP contribution in [0.5, 0.6) is 0 Å². The Labute approximate surface area is 143 Å². The van der Waals surface area contributed by atoms with Crippen molar-refractivity contribution in [2.45, 2.75) is 31.5 Å². The molecule has 2 saturated heterocycles. The molecule has 2 radical (unpaired) electrons. The highest BCUT2D eigenvalue weighted by molar-refractivity contribution is 7.85. The molecule has 3 heterocycles. The normalized spacial score (nSPS) is 34.5. The second-order valence-corrected chi connectivity index (χ2v) is 7.19. The minimum atomic E-state index is -3.31. The fourth-order valence-corrected chi connectivity index (χ4v) is 3.81. The zero-order valence-electron chi connectivity index (χ0n) is 13.2. The topological polar surface area (TPSA) is 144 Å². The molecule has 0 aromatic carbocycles. The first-order valence-electron chi connectivity index (χ1n) is 7.26. The largest absolute Gasteiger partial charge is 0.488 e. The van der Waals surface area contributed by atoms with Gasteiger partial charge in [-0.05, 0) is 6.07 Å². The van der Waals surface area contributed by atoms with Crippen molar-refractivity contribution in [1.82, 2.24) is 9.55 Å². The second-order valence-electron chi connectivity index (χ2n) is 5.39. The van der Waals surface area contributed by atoms with Crippen LogP contribution in [0, 0.1) is 0 Å². The molecular formula is C12H16BN3O8P+. The van der Waals surface area contributed by atoms with Crippen LogP contribution in [0.3, 0.4) is 0 Å².